The molecule has 0 aliphatic carbocycles. The first-order chi connectivity index (χ1) is 8.52. The number of hydrogen-bond donors (Lipinski definition) is 2. The van der Waals surface area contributed by atoms with E-state index < -0.39 is 17.7 Å². The minimum Gasteiger partial charge on any atom is -0.492 e. The second kappa shape index (κ2) is 6.58. The first kappa shape index (κ1) is 14.0. The lowest BCUT2D eigenvalue weighted by Crippen LogP contribution is -2.14. The maximum atomic E-state index is 13.0. The van der Waals surface area contributed by atoms with Gasteiger partial charge in [-0.05, 0) is 19.1 Å². The van der Waals surface area contributed by atoms with Crippen molar-refractivity contribution in [2.24, 2.45) is 0 Å². The van der Waals surface area contributed by atoms with E-state index in [-0.39, 0.29) is 18.6 Å². The highest BCUT2D eigenvalue weighted by atomic mass is 19.1. The molecule has 0 aromatic heterocycles. The predicted octanol–water partition coefficient (Wildman–Crippen LogP) is 2.03. The fourth-order valence-electron chi connectivity index (χ4n) is 1.31. The van der Waals surface area contributed by atoms with E-state index in [1.165, 1.54) is 12.1 Å². The van der Waals surface area contributed by atoms with Gasteiger partial charge in [0.15, 0.2) is 0 Å². The van der Waals surface area contributed by atoms with Crippen LogP contribution in [0.4, 0.5) is 10.1 Å². The third kappa shape index (κ3) is 4.40. The second-order valence-corrected chi connectivity index (χ2v) is 3.52. The van der Waals surface area contributed by atoms with Gasteiger partial charge in [-0.3, -0.25) is 9.59 Å². The number of benzene rings is 1. The van der Waals surface area contributed by atoms with Crippen LogP contribution in [0.1, 0.15) is 19.8 Å². The minimum absolute atomic E-state index is 0.141. The van der Waals surface area contributed by atoms with Crippen LogP contribution < -0.4 is 10.1 Å². The van der Waals surface area contributed by atoms with Gasteiger partial charge in [0.25, 0.3) is 0 Å². The van der Waals surface area contributed by atoms with Crippen molar-refractivity contribution in [1.82, 2.24) is 0 Å². The maximum Gasteiger partial charge on any atom is 0.303 e. The highest BCUT2D eigenvalue weighted by Crippen LogP contribution is 2.25. The zero-order valence-corrected chi connectivity index (χ0v) is 9.90. The Morgan fingerprint density at radius 2 is 2.11 bits per heavy atom. The second-order valence-electron chi connectivity index (χ2n) is 3.52. The Morgan fingerprint density at radius 1 is 1.39 bits per heavy atom. The number of rotatable bonds is 6. The summed E-state index contributed by atoms with van der Waals surface area (Å²) in [5.41, 5.74) is 0.327. The summed E-state index contributed by atoms with van der Waals surface area (Å²) >= 11 is 0. The molecule has 0 radical (unpaired) electrons. The summed E-state index contributed by atoms with van der Waals surface area (Å²) in [4.78, 5) is 21.8. The fourth-order valence-corrected chi connectivity index (χ4v) is 1.31. The van der Waals surface area contributed by atoms with Crippen LogP contribution in [0.2, 0.25) is 0 Å². The molecule has 0 bridgehead atoms. The summed E-state index contributed by atoms with van der Waals surface area (Å²) in [6.07, 6.45) is -0.394. The van der Waals surface area contributed by atoms with E-state index in [0.717, 1.165) is 6.07 Å². The lowest BCUT2D eigenvalue weighted by atomic mass is 10.2. The van der Waals surface area contributed by atoms with E-state index in [1.807, 2.05) is 0 Å². The largest absolute Gasteiger partial charge is 0.492 e. The van der Waals surface area contributed by atoms with Crippen molar-refractivity contribution in [2.45, 2.75) is 19.8 Å². The molecule has 0 aliphatic rings. The van der Waals surface area contributed by atoms with Gasteiger partial charge in [-0.2, -0.15) is 0 Å². The maximum absolute atomic E-state index is 13.0. The molecule has 0 atom stereocenters. The fraction of sp³-hybridized carbons (Fsp3) is 0.333. The Hall–Kier alpha value is -2.11. The number of hydrogen-bond acceptors (Lipinski definition) is 3. The van der Waals surface area contributed by atoms with Crippen LogP contribution in [-0.2, 0) is 9.59 Å². The highest BCUT2D eigenvalue weighted by Gasteiger charge is 2.10. The highest BCUT2D eigenvalue weighted by molar-refractivity contribution is 5.93. The SMILES string of the molecule is CCOc1cc(F)ccc1NC(=O)CCC(=O)O. The number of carboxylic acid groups (broad SMARTS) is 1. The number of ether oxygens (including phenoxy) is 1. The molecule has 1 aromatic carbocycles. The van der Waals surface area contributed by atoms with Crippen LogP contribution >= 0.6 is 0 Å². The molecule has 0 heterocycles. The van der Waals surface area contributed by atoms with E-state index in [4.69, 9.17) is 9.84 Å². The third-order valence-electron chi connectivity index (χ3n) is 2.08. The summed E-state index contributed by atoms with van der Waals surface area (Å²) in [6, 6.07) is 3.73. The smallest absolute Gasteiger partial charge is 0.303 e. The van der Waals surface area contributed by atoms with Gasteiger partial charge in [0.2, 0.25) is 5.91 Å². The minimum atomic E-state index is -1.05. The molecule has 1 aromatic rings. The Balaban J connectivity index is 2.70. The van der Waals surface area contributed by atoms with E-state index in [0.29, 0.717) is 12.3 Å². The van der Waals surface area contributed by atoms with Crippen molar-refractivity contribution < 1.29 is 23.8 Å². The first-order valence-corrected chi connectivity index (χ1v) is 5.47. The molecule has 5 nitrogen and oxygen atoms in total. The van der Waals surface area contributed by atoms with Gasteiger partial charge in [-0.25, -0.2) is 4.39 Å². The average molecular weight is 255 g/mol. The van der Waals surface area contributed by atoms with Gasteiger partial charge in [0.1, 0.15) is 11.6 Å². The van der Waals surface area contributed by atoms with Crippen molar-refractivity contribution >= 4 is 17.6 Å². The summed E-state index contributed by atoms with van der Waals surface area (Å²) in [5.74, 6) is -1.75. The van der Waals surface area contributed by atoms with Crippen LogP contribution in [0.15, 0.2) is 18.2 Å². The number of nitrogens with one attached hydrogen (secondary N) is 1. The Labute approximate surface area is 104 Å². The van der Waals surface area contributed by atoms with Crippen LogP contribution in [0.5, 0.6) is 5.75 Å². The molecule has 0 saturated carbocycles. The number of halogens is 1. The van der Waals surface area contributed by atoms with Crippen LogP contribution in [-0.4, -0.2) is 23.6 Å². The summed E-state index contributed by atoms with van der Waals surface area (Å²) < 4.78 is 18.2. The molecule has 1 amide bonds. The van der Waals surface area contributed by atoms with Gasteiger partial charge < -0.3 is 15.2 Å². The quantitative estimate of drug-likeness (QED) is 0.815. The number of carboxylic acids is 1. The Bertz CT molecular complexity index is 448. The van der Waals surface area contributed by atoms with Gasteiger partial charge in [-0.15, -0.1) is 0 Å². The van der Waals surface area contributed by atoms with E-state index in [1.54, 1.807) is 6.92 Å². The summed E-state index contributed by atoms with van der Waals surface area (Å²) in [7, 11) is 0. The normalized spacial score (nSPS) is 9.89. The molecule has 1 rings (SSSR count). The van der Waals surface area contributed by atoms with Gasteiger partial charge in [0.05, 0.1) is 18.7 Å². The van der Waals surface area contributed by atoms with Gasteiger partial charge in [-0.1, -0.05) is 0 Å². The van der Waals surface area contributed by atoms with Crippen LogP contribution in [0.3, 0.4) is 0 Å². The zero-order chi connectivity index (χ0) is 13.5. The Kier molecular flexibility index (Phi) is 5.10. The molecule has 0 saturated heterocycles. The third-order valence-corrected chi connectivity index (χ3v) is 2.08. The van der Waals surface area contributed by atoms with Gasteiger partial charge >= 0.3 is 5.97 Å². The topological polar surface area (TPSA) is 75.6 Å². The number of carbonyl (C=O) groups excluding carboxylic acids is 1. The van der Waals surface area contributed by atoms with Crippen molar-refractivity contribution in [2.75, 3.05) is 11.9 Å². The Morgan fingerprint density at radius 3 is 2.72 bits per heavy atom. The molecule has 0 aliphatic heterocycles. The molecule has 0 spiro atoms. The monoisotopic (exact) mass is 255 g/mol. The molecule has 98 valence electrons. The van der Waals surface area contributed by atoms with Crippen LogP contribution in [0.25, 0.3) is 0 Å². The number of carbonyl (C=O) groups is 2. The van der Waals surface area contributed by atoms with Crippen molar-refractivity contribution in [3.05, 3.63) is 24.0 Å². The summed E-state index contributed by atoms with van der Waals surface area (Å²) in [6.45, 7) is 2.07. The van der Waals surface area contributed by atoms with Crippen molar-refractivity contribution in [3.63, 3.8) is 0 Å². The van der Waals surface area contributed by atoms with E-state index in [2.05, 4.69) is 5.32 Å². The first-order valence-electron chi connectivity index (χ1n) is 5.47. The molecular weight excluding hydrogens is 241 g/mol. The predicted molar refractivity (Wildman–Crippen MR) is 63.1 cm³/mol. The van der Waals surface area contributed by atoms with Crippen molar-refractivity contribution in [3.8, 4) is 5.75 Å². The number of aliphatic carboxylic acids is 1. The molecular formula is C12H14FNO4. The standard InChI is InChI=1S/C12H14FNO4/c1-2-18-10-7-8(13)3-4-9(10)14-11(15)5-6-12(16)17/h3-4,7H,2,5-6H2,1H3,(H,14,15)(H,16,17). The van der Waals surface area contributed by atoms with Crippen LogP contribution in [0, 0.1) is 5.82 Å². The van der Waals surface area contributed by atoms with E-state index >= 15 is 0 Å². The molecule has 18 heavy (non-hydrogen) atoms. The molecule has 6 heteroatoms. The lowest BCUT2D eigenvalue weighted by molar-refractivity contribution is -0.138. The number of anilines is 1. The zero-order valence-electron chi connectivity index (χ0n) is 9.90. The molecule has 0 unspecified atom stereocenters. The lowest BCUT2D eigenvalue weighted by Gasteiger charge is -2.11. The molecule has 2 N–H and O–H groups in total. The van der Waals surface area contributed by atoms with E-state index in [9.17, 15) is 14.0 Å². The number of amides is 1. The molecule has 0 fully saturated rings. The van der Waals surface area contributed by atoms with Gasteiger partial charge in [0, 0.05) is 12.5 Å². The van der Waals surface area contributed by atoms with Crippen molar-refractivity contribution in [1.29, 1.82) is 0 Å². The average Bonchev–Trinajstić information content (AvgIpc) is 2.30. The summed E-state index contributed by atoms with van der Waals surface area (Å²) in [5, 5.41) is 10.9.